The number of rotatable bonds is 6. The molecule has 7 heteroatoms. The van der Waals surface area contributed by atoms with Gasteiger partial charge in [-0.3, -0.25) is 9.59 Å². The van der Waals surface area contributed by atoms with Crippen LogP contribution in [0, 0.1) is 5.92 Å². The lowest BCUT2D eigenvalue weighted by Crippen LogP contribution is -2.40. The van der Waals surface area contributed by atoms with Crippen LogP contribution in [0.25, 0.3) is 5.57 Å². The molecule has 0 spiro atoms. The molecule has 0 bridgehead atoms. The third-order valence-electron chi connectivity index (χ3n) is 5.75. The number of likely N-dealkylation sites (tertiary alicyclic amines) is 1. The maximum absolute atomic E-state index is 13.6. The zero-order valence-corrected chi connectivity index (χ0v) is 19.0. The standard InChI is InChI=1S/C25H27ClN2O4/c1-16(2)32-21-11-9-20(10-12-21)28-24(30)22(18-5-7-19(26)8-6-18)23(25(28)31)27-13-3-4-17(14-27)15-29/h5-12,16-17,29H,3-4,13-15H2,1-2H3. The number of amides is 2. The lowest BCUT2D eigenvalue weighted by atomic mass is 9.97. The number of carbonyl (C=O) groups is 2. The molecule has 2 aliphatic rings. The lowest BCUT2D eigenvalue weighted by Gasteiger charge is -2.34. The number of ether oxygens (including phenoxy) is 1. The summed E-state index contributed by atoms with van der Waals surface area (Å²) < 4.78 is 5.68. The van der Waals surface area contributed by atoms with Crippen molar-refractivity contribution >= 4 is 34.7 Å². The van der Waals surface area contributed by atoms with Crippen LogP contribution in [0.1, 0.15) is 32.3 Å². The normalized spacial score (nSPS) is 19.3. The van der Waals surface area contributed by atoms with Gasteiger partial charge in [0.25, 0.3) is 11.8 Å². The molecular formula is C25H27ClN2O4. The van der Waals surface area contributed by atoms with Crippen molar-refractivity contribution in [2.75, 3.05) is 24.6 Å². The summed E-state index contributed by atoms with van der Waals surface area (Å²) in [6.45, 7) is 5.14. The summed E-state index contributed by atoms with van der Waals surface area (Å²) in [5.41, 5.74) is 1.90. The van der Waals surface area contributed by atoms with Crippen molar-refractivity contribution in [3.8, 4) is 5.75 Å². The van der Waals surface area contributed by atoms with Crippen LogP contribution in [0.3, 0.4) is 0 Å². The average Bonchev–Trinajstić information content (AvgIpc) is 3.04. The highest BCUT2D eigenvalue weighted by Crippen LogP contribution is 2.37. The zero-order valence-electron chi connectivity index (χ0n) is 18.3. The highest BCUT2D eigenvalue weighted by molar-refractivity contribution is 6.45. The van der Waals surface area contributed by atoms with Gasteiger partial charge in [0.05, 0.1) is 17.4 Å². The Morgan fingerprint density at radius 1 is 1.06 bits per heavy atom. The first-order valence-corrected chi connectivity index (χ1v) is 11.3. The van der Waals surface area contributed by atoms with E-state index in [9.17, 15) is 14.7 Å². The monoisotopic (exact) mass is 454 g/mol. The molecule has 6 nitrogen and oxygen atoms in total. The Hall–Kier alpha value is -2.83. The summed E-state index contributed by atoms with van der Waals surface area (Å²) in [5.74, 6) is 0.0370. The molecule has 168 valence electrons. The number of piperidine rings is 1. The molecule has 2 heterocycles. The fourth-order valence-electron chi connectivity index (χ4n) is 4.29. The maximum Gasteiger partial charge on any atom is 0.282 e. The Morgan fingerprint density at radius 3 is 2.38 bits per heavy atom. The first kappa shape index (κ1) is 22.4. The van der Waals surface area contributed by atoms with Gasteiger partial charge < -0.3 is 14.7 Å². The minimum absolute atomic E-state index is 0.0271. The van der Waals surface area contributed by atoms with Crippen LogP contribution in [0.15, 0.2) is 54.2 Å². The fraction of sp³-hybridized carbons (Fsp3) is 0.360. The van der Waals surface area contributed by atoms with Gasteiger partial charge in [-0.05, 0) is 74.6 Å². The van der Waals surface area contributed by atoms with Crippen LogP contribution in [0.5, 0.6) is 5.75 Å². The Bertz CT molecular complexity index is 1030. The van der Waals surface area contributed by atoms with E-state index in [0.29, 0.717) is 46.4 Å². The van der Waals surface area contributed by atoms with Crippen LogP contribution in [0.2, 0.25) is 5.02 Å². The second kappa shape index (κ2) is 9.35. The van der Waals surface area contributed by atoms with Crippen LogP contribution in [0.4, 0.5) is 5.69 Å². The van der Waals surface area contributed by atoms with Gasteiger partial charge in [-0.15, -0.1) is 0 Å². The number of hydrogen-bond donors (Lipinski definition) is 1. The van der Waals surface area contributed by atoms with Crippen LogP contribution in [-0.2, 0) is 9.59 Å². The summed E-state index contributed by atoms with van der Waals surface area (Å²) in [4.78, 5) is 30.4. The SMILES string of the molecule is CC(C)Oc1ccc(N2C(=O)C(c3ccc(Cl)cc3)=C(N3CCCC(CO)C3)C2=O)cc1. The van der Waals surface area contributed by atoms with E-state index < -0.39 is 0 Å². The molecule has 2 amide bonds. The lowest BCUT2D eigenvalue weighted by molar-refractivity contribution is -0.120. The Labute approximate surface area is 193 Å². The molecule has 2 aliphatic heterocycles. The molecule has 1 fully saturated rings. The molecule has 1 N–H and O–H groups in total. The van der Waals surface area contributed by atoms with Crippen molar-refractivity contribution in [1.29, 1.82) is 0 Å². The Morgan fingerprint density at radius 2 is 1.75 bits per heavy atom. The molecule has 0 aliphatic carbocycles. The van der Waals surface area contributed by atoms with Gasteiger partial charge in [-0.1, -0.05) is 23.7 Å². The molecular weight excluding hydrogens is 428 g/mol. The van der Waals surface area contributed by atoms with Crippen molar-refractivity contribution in [3.63, 3.8) is 0 Å². The van der Waals surface area contributed by atoms with E-state index in [1.165, 1.54) is 4.90 Å². The van der Waals surface area contributed by atoms with Gasteiger partial charge in [-0.2, -0.15) is 0 Å². The Kier molecular flexibility index (Phi) is 6.53. The van der Waals surface area contributed by atoms with Crippen molar-refractivity contribution < 1.29 is 19.4 Å². The summed E-state index contributed by atoms with van der Waals surface area (Å²) in [6.07, 6.45) is 1.78. The smallest absolute Gasteiger partial charge is 0.282 e. The molecule has 2 aromatic carbocycles. The quantitative estimate of drug-likeness (QED) is 0.665. The molecule has 32 heavy (non-hydrogen) atoms. The minimum Gasteiger partial charge on any atom is -0.491 e. The second-order valence-electron chi connectivity index (χ2n) is 8.47. The van der Waals surface area contributed by atoms with Crippen molar-refractivity contribution in [2.45, 2.75) is 32.8 Å². The van der Waals surface area contributed by atoms with E-state index in [0.717, 1.165) is 12.8 Å². The van der Waals surface area contributed by atoms with Gasteiger partial charge in [-0.25, -0.2) is 4.90 Å². The number of benzene rings is 2. The molecule has 0 aromatic heterocycles. The number of aliphatic hydroxyl groups excluding tert-OH is 1. The Balaban J connectivity index is 1.73. The van der Waals surface area contributed by atoms with E-state index in [2.05, 4.69) is 0 Å². The summed E-state index contributed by atoms with van der Waals surface area (Å²) >= 11 is 6.05. The van der Waals surface area contributed by atoms with E-state index in [1.807, 2.05) is 18.7 Å². The highest BCUT2D eigenvalue weighted by Gasteiger charge is 2.43. The third-order valence-corrected chi connectivity index (χ3v) is 6.00. The topological polar surface area (TPSA) is 70.1 Å². The predicted molar refractivity (Wildman–Crippen MR) is 124 cm³/mol. The van der Waals surface area contributed by atoms with Gasteiger partial charge >= 0.3 is 0 Å². The summed E-state index contributed by atoms with van der Waals surface area (Å²) in [5, 5.41) is 10.2. The van der Waals surface area contributed by atoms with E-state index >= 15 is 0 Å². The summed E-state index contributed by atoms with van der Waals surface area (Å²) in [7, 11) is 0. The number of carbonyl (C=O) groups excluding carboxylic acids is 2. The number of imide groups is 1. The minimum atomic E-state index is -0.365. The molecule has 4 rings (SSSR count). The predicted octanol–water partition coefficient (Wildman–Crippen LogP) is 4.12. The molecule has 1 unspecified atom stereocenters. The van der Waals surface area contributed by atoms with Gasteiger partial charge in [0.1, 0.15) is 11.4 Å². The third kappa shape index (κ3) is 4.38. The number of hydrogen-bond acceptors (Lipinski definition) is 5. The first-order chi connectivity index (χ1) is 15.4. The number of aliphatic hydroxyl groups is 1. The van der Waals surface area contributed by atoms with Crippen LogP contribution in [-0.4, -0.2) is 47.6 Å². The molecule has 1 saturated heterocycles. The van der Waals surface area contributed by atoms with Crippen LogP contribution >= 0.6 is 11.6 Å². The number of anilines is 1. The molecule has 1 atom stereocenters. The maximum atomic E-state index is 13.6. The van der Waals surface area contributed by atoms with E-state index in [-0.39, 0.29) is 30.4 Å². The molecule has 2 aromatic rings. The van der Waals surface area contributed by atoms with Crippen molar-refractivity contribution in [3.05, 3.63) is 64.8 Å². The van der Waals surface area contributed by atoms with Gasteiger partial charge in [0.2, 0.25) is 0 Å². The largest absolute Gasteiger partial charge is 0.491 e. The number of halogens is 1. The average molecular weight is 455 g/mol. The molecule has 0 saturated carbocycles. The highest BCUT2D eigenvalue weighted by atomic mass is 35.5. The first-order valence-electron chi connectivity index (χ1n) is 10.9. The van der Waals surface area contributed by atoms with Crippen LogP contribution < -0.4 is 9.64 Å². The molecule has 0 radical (unpaired) electrons. The van der Waals surface area contributed by atoms with E-state index in [4.69, 9.17) is 16.3 Å². The summed E-state index contributed by atoms with van der Waals surface area (Å²) in [6, 6.07) is 13.9. The zero-order chi connectivity index (χ0) is 22.8. The second-order valence-corrected chi connectivity index (χ2v) is 8.91. The fourth-order valence-corrected chi connectivity index (χ4v) is 4.41. The van der Waals surface area contributed by atoms with Gasteiger partial charge in [0, 0.05) is 24.7 Å². The van der Waals surface area contributed by atoms with Gasteiger partial charge in [0.15, 0.2) is 0 Å². The van der Waals surface area contributed by atoms with Crippen molar-refractivity contribution in [1.82, 2.24) is 4.90 Å². The van der Waals surface area contributed by atoms with Crippen molar-refractivity contribution in [2.24, 2.45) is 5.92 Å². The van der Waals surface area contributed by atoms with E-state index in [1.54, 1.807) is 48.5 Å². The number of nitrogens with zero attached hydrogens (tertiary/aromatic N) is 2.